The first-order valence-electron chi connectivity index (χ1n) is 14.5. The van der Waals surface area contributed by atoms with Crippen molar-refractivity contribution < 1.29 is 0 Å². The highest BCUT2D eigenvalue weighted by Crippen LogP contribution is 2.45. The van der Waals surface area contributed by atoms with Crippen LogP contribution >= 0.6 is 0 Å². The lowest BCUT2D eigenvalue weighted by Crippen LogP contribution is -2.23. The number of hydrogen-bond donors (Lipinski definition) is 0. The molecule has 0 bridgehead atoms. The molecule has 0 N–H and O–H groups in total. The second-order valence-corrected chi connectivity index (χ2v) is 13.7. The molecule has 5 rings (SSSR count). The van der Waals surface area contributed by atoms with Gasteiger partial charge in [-0.2, -0.15) is 0 Å². The van der Waals surface area contributed by atoms with Gasteiger partial charge in [-0.15, -0.1) is 0 Å². The molecule has 1 saturated carbocycles. The molecule has 2 aromatic carbocycles. The third kappa shape index (κ3) is 5.50. The standard InChI is InChI=1S/C37H46/c1-23-14-26(4)34(20-28-15-24(2)16-28)36(17-23)32-11-9-10-30-18-29(21-35(30)32)19-33-25(3)12-13-31(27(33)5)22-37(6,7)8/h9-14,17-18,24,28,31,33H,3,5,15-16,19-22H2,1-2,4,6-8H3. The van der Waals surface area contributed by atoms with Crippen molar-refractivity contribution in [2.45, 2.75) is 80.1 Å². The first kappa shape index (κ1) is 26.0. The molecule has 3 aliphatic rings. The summed E-state index contributed by atoms with van der Waals surface area (Å²) in [6.07, 6.45) is 14.3. The predicted molar refractivity (Wildman–Crippen MR) is 162 cm³/mol. The zero-order valence-corrected chi connectivity index (χ0v) is 24.1. The molecule has 2 unspecified atom stereocenters. The van der Waals surface area contributed by atoms with Crippen molar-refractivity contribution in [1.29, 1.82) is 0 Å². The van der Waals surface area contributed by atoms with Crippen LogP contribution in [0, 0.1) is 42.9 Å². The second kappa shape index (κ2) is 9.94. The fourth-order valence-corrected chi connectivity index (χ4v) is 7.21. The van der Waals surface area contributed by atoms with Gasteiger partial charge in [-0.3, -0.25) is 0 Å². The summed E-state index contributed by atoms with van der Waals surface area (Å²) < 4.78 is 0. The van der Waals surface area contributed by atoms with Crippen molar-refractivity contribution in [2.75, 3.05) is 0 Å². The second-order valence-electron chi connectivity index (χ2n) is 13.7. The number of aryl methyl sites for hydroxylation is 2. The molecule has 3 aliphatic carbocycles. The SMILES string of the molecule is C=C1C=CC(CC(C)(C)C)C(=C)C1CC1=Cc2cccc(-c3cc(C)cc(C)c3CC3CC(C)C3)c2C1. The van der Waals surface area contributed by atoms with Crippen molar-refractivity contribution in [3.05, 3.63) is 100 Å². The van der Waals surface area contributed by atoms with Gasteiger partial charge in [0.05, 0.1) is 0 Å². The molecular formula is C37H46. The first-order valence-corrected chi connectivity index (χ1v) is 14.5. The van der Waals surface area contributed by atoms with E-state index in [2.05, 4.69) is 103 Å². The van der Waals surface area contributed by atoms with E-state index in [1.54, 1.807) is 5.56 Å². The Kier molecular flexibility index (Phi) is 6.99. The Morgan fingerprint density at radius 3 is 2.43 bits per heavy atom. The highest BCUT2D eigenvalue weighted by Gasteiger charge is 2.31. The van der Waals surface area contributed by atoms with Crippen LogP contribution in [0.25, 0.3) is 17.2 Å². The number of hydrogen-bond acceptors (Lipinski definition) is 0. The van der Waals surface area contributed by atoms with Gasteiger partial charge in [0.15, 0.2) is 0 Å². The molecule has 0 aliphatic heterocycles. The van der Waals surface area contributed by atoms with Gasteiger partial charge in [0.1, 0.15) is 0 Å². The average Bonchev–Trinajstić information content (AvgIpc) is 3.21. The first-order chi connectivity index (χ1) is 17.5. The fourth-order valence-electron chi connectivity index (χ4n) is 7.21. The molecular weight excluding hydrogens is 444 g/mol. The normalized spacial score (nSPS) is 25.2. The van der Waals surface area contributed by atoms with Gasteiger partial charge in [-0.25, -0.2) is 0 Å². The maximum atomic E-state index is 4.61. The number of fused-ring (bicyclic) bond motifs is 1. The third-order valence-corrected chi connectivity index (χ3v) is 9.06. The van der Waals surface area contributed by atoms with Crippen LogP contribution in [0.15, 0.2) is 72.4 Å². The monoisotopic (exact) mass is 490 g/mol. The topological polar surface area (TPSA) is 0 Å². The summed E-state index contributed by atoms with van der Waals surface area (Å²) in [5.41, 5.74) is 14.6. The van der Waals surface area contributed by atoms with Crippen molar-refractivity contribution in [1.82, 2.24) is 0 Å². The Hall–Kier alpha value is -2.60. The van der Waals surface area contributed by atoms with Crippen LogP contribution in [-0.4, -0.2) is 0 Å². The lowest BCUT2D eigenvalue weighted by atomic mass is 9.71. The van der Waals surface area contributed by atoms with Crippen LogP contribution in [-0.2, 0) is 12.8 Å². The third-order valence-electron chi connectivity index (χ3n) is 9.06. The van der Waals surface area contributed by atoms with Crippen LogP contribution in [0.4, 0.5) is 0 Å². The molecule has 0 amide bonds. The lowest BCUT2D eigenvalue weighted by molar-refractivity contribution is 0.211. The predicted octanol–water partition coefficient (Wildman–Crippen LogP) is 10.2. The van der Waals surface area contributed by atoms with Crippen molar-refractivity contribution in [3.8, 4) is 11.1 Å². The summed E-state index contributed by atoms with van der Waals surface area (Å²) in [5, 5.41) is 0. The van der Waals surface area contributed by atoms with Crippen LogP contribution in [0.1, 0.15) is 81.2 Å². The van der Waals surface area contributed by atoms with E-state index < -0.39 is 0 Å². The summed E-state index contributed by atoms with van der Waals surface area (Å²) in [6, 6.07) is 11.8. The molecule has 0 radical (unpaired) electrons. The summed E-state index contributed by atoms with van der Waals surface area (Å²) in [4.78, 5) is 0. The van der Waals surface area contributed by atoms with E-state index in [0.29, 0.717) is 17.3 Å². The molecule has 2 aromatic rings. The molecule has 2 atom stereocenters. The molecule has 1 fully saturated rings. The Morgan fingerprint density at radius 2 is 1.73 bits per heavy atom. The summed E-state index contributed by atoms with van der Waals surface area (Å²) in [5.74, 6) is 2.54. The van der Waals surface area contributed by atoms with Crippen molar-refractivity contribution >= 4 is 6.08 Å². The quantitative estimate of drug-likeness (QED) is 0.353. The highest BCUT2D eigenvalue weighted by molar-refractivity contribution is 5.80. The van der Waals surface area contributed by atoms with E-state index in [1.807, 2.05) is 0 Å². The highest BCUT2D eigenvalue weighted by atomic mass is 14.4. The van der Waals surface area contributed by atoms with E-state index in [9.17, 15) is 0 Å². The maximum Gasteiger partial charge on any atom is 0.00827 e. The van der Waals surface area contributed by atoms with E-state index in [-0.39, 0.29) is 0 Å². The lowest BCUT2D eigenvalue weighted by Gasteiger charge is -2.34. The molecule has 0 spiro atoms. The Bertz CT molecular complexity index is 1280. The van der Waals surface area contributed by atoms with Crippen LogP contribution in [0.3, 0.4) is 0 Å². The summed E-state index contributed by atoms with van der Waals surface area (Å²) in [7, 11) is 0. The minimum Gasteiger partial charge on any atom is -0.0986 e. The van der Waals surface area contributed by atoms with Gasteiger partial charge >= 0.3 is 0 Å². The van der Waals surface area contributed by atoms with Crippen molar-refractivity contribution in [3.63, 3.8) is 0 Å². The number of rotatable bonds is 6. The summed E-state index contributed by atoms with van der Waals surface area (Å²) in [6.45, 7) is 23.0. The number of allylic oxidation sites excluding steroid dienone is 5. The molecule has 194 valence electrons. The van der Waals surface area contributed by atoms with Gasteiger partial charge in [-0.05, 0) is 114 Å². The zero-order chi connectivity index (χ0) is 26.5. The van der Waals surface area contributed by atoms with Crippen LogP contribution < -0.4 is 0 Å². The average molecular weight is 491 g/mol. The maximum absolute atomic E-state index is 4.61. The van der Waals surface area contributed by atoms with E-state index >= 15 is 0 Å². The minimum atomic E-state index is 0.292. The van der Waals surface area contributed by atoms with Crippen LogP contribution in [0.2, 0.25) is 0 Å². The fraction of sp³-hybridized carbons (Fsp3) is 0.459. The van der Waals surface area contributed by atoms with Gasteiger partial charge in [0.2, 0.25) is 0 Å². The van der Waals surface area contributed by atoms with Gasteiger partial charge in [0, 0.05) is 5.92 Å². The number of benzene rings is 2. The molecule has 0 nitrogen and oxygen atoms in total. The molecule has 37 heavy (non-hydrogen) atoms. The van der Waals surface area contributed by atoms with Gasteiger partial charge in [0.25, 0.3) is 0 Å². The molecule has 0 heteroatoms. The minimum absolute atomic E-state index is 0.292. The molecule has 0 heterocycles. The Morgan fingerprint density at radius 1 is 0.973 bits per heavy atom. The largest absolute Gasteiger partial charge is 0.0986 e. The van der Waals surface area contributed by atoms with E-state index in [0.717, 1.165) is 31.1 Å². The smallest absolute Gasteiger partial charge is 0.00827 e. The molecule has 0 aromatic heterocycles. The van der Waals surface area contributed by atoms with E-state index in [4.69, 9.17) is 0 Å². The van der Waals surface area contributed by atoms with Gasteiger partial charge < -0.3 is 0 Å². The Labute approximate surface area is 226 Å². The molecule has 0 saturated heterocycles. The zero-order valence-electron chi connectivity index (χ0n) is 24.1. The van der Waals surface area contributed by atoms with E-state index in [1.165, 1.54) is 69.4 Å². The van der Waals surface area contributed by atoms with Gasteiger partial charge in [-0.1, -0.05) is 106 Å². The summed E-state index contributed by atoms with van der Waals surface area (Å²) >= 11 is 0. The van der Waals surface area contributed by atoms with Crippen LogP contribution in [0.5, 0.6) is 0 Å². The van der Waals surface area contributed by atoms with Crippen molar-refractivity contribution in [2.24, 2.45) is 29.1 Å². The Balaban J connectivity index is 1.40.